The predicted molar refractivity (Wildman–Crippen MR) is 121 cm³/mol. The van der Waals surface area contributed by atoms with Crippen LogP contribution in [0.25, 0.3) is 22.8 Å². The number of nitrogens with zero attached hydrogens (tertiary/aromatic N) is 3. The van der Waals surface area contributed by atoms with Gasteiger partial charge in [-0.15, -0.1) is 0 Å². The van der Waals surface area contributed by atoms with Crippen LogP contribution >= 0.6 is 11.8 Å². The molecule has 3 aromatic rings. The van der Waals surface area contributed by atoms with E-state index in [0.29, 0.717) is 0 Å². The molecule has 4 nitrogen and oxygen atoms in total. The summed E-state index contributed by atoms with van der Waals surface area (Å²) < 4.78 is 0. The van der Waals surface area contributed by atoms with Crippen LogP contribution in [0.2, 0.25) is 0 Å². The zero-order valence-corrected chi connectivity index (χ0v) is 17.7. The average molecular weight is 406 g/mol. The minimum Gasteiger partial charge on any atom is -0.288 e. The molecule has 29 heavy (non-hydrogen) atoms. The molecule has 3 heterocycles. The molecule has 0 aliphatic carbocycles. The van der Waals surface area contributed by atoms with Gasteiger partial charge in [0.15, 0.2) is 5.12 Å². The van der Waals surface area contributed by atoms with Gasteiger partial charge in [0.05, 0.1) is 22.8 Å². The normalized spacial score (nSPS) is 10.8. The quantitative estimate of drug-likeness (QED) is 0.388. The largest absolute Gasteiger partial charge is 0.288 e. The Morgan fingerprint density at radius 2 is 1.38 bits per heavy atom. The third kappa shape index (κ3) is 7.09. The van der Waals surface area contributed by atoms with E-state index >= 15 is 0 Å². The Balaban J connectivity index is 1.62. The molecule has 0 bridgehead atoms. The predicted octanol–water partition coefficient (Wildman–Crippen LogP) is 5.98. The number of hydrogen-bond donors (Lipinski definition) is 0. The lowest BCUT2D eigenvalue weighted by Gasteiger charge is -2.09. The number of thioether (sulfide) groups is 1. The molecule has 0 N–H and O–H groups in total. The van der Waals surface area contributed by atoms with Crippen molar-refractivity contribution in [1.29, 1.82) is 0 Å². The van der Waals surface area contributed by atoms with E-state index in [1.165, 1.54) is 36.6 Å². The van der Waals surface area contributed by atoms with Gasteiger partial charge >= 0.3 is 0 Å². The van der Waals surface area contributed by atoms with E-state index in [2.05, 4.69) is 22.1 Å². The van der Waals surface area contributed by atoms with Crippen molar-refractivity contribution in [3.63, 3.8) is 0 Å². The molecule has 0 spiro atoms. The van der Waals surface area contributed by atoms with Crippen molar-refractivity contribution < 1.29 is 4.79 Å². The highest BCUT2D eigenvalue weighted by Gasteiger charge is 2.09. The summed E-state index contributed by atoms with van der Waals surface area (Å²) in [6, 6.07) is 16.1. The molecule has 3 aromatic heterocycles. The molecule has 0 amide bonds. The minimum atomic E-state index is 0.218. The van der Waals surface area contributed by atoms with Crippen molar-refractivity contribution in [2.45, 2.75) is 45.4 Å². The first-order chi connectivity index (χ1) is 14.2. The minimum absolute atomic E-state index is 0.218. The fraction of sp³-hybridized carbons (Fsp3) is 0.333. The Bertz CT molecular complexity index is 843. The maximum atomic E-state index is 10.9. The molecule has 3 rings (SSSR count). The first kappa shape index (κ1) is 21.2. The van der Waals surface area contributed by atoms with Gasteiger partial charge in [0.1, 0.15) is 0 Å². The number of hydrogen-bond acceptors (Lipinski definition) is 5. The van der Waals surface area contributed by atoms with E-state index in [4.69, 9.17) is 4.98 Å². The van der Waals surface area contributed by atoms with Crippen molar-refractivity contribution in [2.24, 2.45) is 0 Å². The highest BCUT2D eigenvalue weighted by Crippen LogP contribution is 2.23. The van der Waals surface area contributed by atoms with Crippen LogP contribution in [0.15, 0.2) is 60.9 Å². The fourth-order valence-electron chi connectivity index (χ4n) is 3.20. The molecule has 0 saturated heterocycles. The van der Waals surface area contributed by atoms with Crippen LogP contribution in [0.5, 0.6) is 0 Å². The third-order valence-corrected chi connectivity index (χ3v) is 5.55. The standard InChI is InChI=1S/C24H27N3OS/c1-19(28)29-16-10-4-2-3-5-11-20-17-23(21-12-6-8-14-25-21)27-24(18-20)22-13-7-9-15-26-22/h6-9,12-15,17-18H,2-5,10-11,16H2,1H3. The molecule has 0 saturated carbocycles. The molecule has 0 aromatic carbocycles. The zero-order valence-electron chi connectivity index (χ0n) is 16.9. The van der Waals surface area contributed by atoms with Gasteiger partial charge in [-0.05, 0) is 61.2 Å². The Morgan fingerprint density at radius 3 is 1.93 bits per heavy atom. The molecule has 0 unspecified atom stereocenters. The van der Waals surface area contributed by atoms with Crippen LogP contribution < -0.4 is 0 Å². The van der Waals surface area contributed by atoms with E-state index < -0.39 is 0 Å². The number of unbranched alkanes of at least 4 members (excludes halogenated alkanes) is 4. The second kappa shape index (κ2) is 11.5. The van der Waals surface area contributed by atoms with Crippen molar-refractivity contribution in [1.82, 2.24) is 15.0 Å². The number of pyridine rings is 3. The van der Waals surface area contributed by atoms with E-state index in [1.807, 2.05) is 36.4 Å². The van der Waals surface area contributed by atoms with Crippen LogP contribution in [0.1, 0.15) is 44.6 Å². The lowest BCUT2D eigenvalue weighted by atomic mass is 10.0. The van der Waals surface area contributed by atoms with E-state index in [1.54, 1.807) is 19.3 Å². The van der Waals surface area contributed by atoms with Gasteiger partial charge in [-0.3, -0.25) is 14.8 Å². The number of carbonyl (C=O) groups is 1. The summed E-state index contributed by atoms with van der Waals surface area (Å²) in [6.45, 7) is 1.64. The van der Waals surface area contributed by atoms with Crippen LogP contribution in [-0.4, -0.2) is 25.8 Å². The summed E-state index contributed by atoms with van der Waals surface area (Å²) in [5, 5.41) is 0.218. The van der Waals surface area contributed by atoms with Crippen LogP contribution in [0, 0.1) is 0 Å². The summed E-state index contributed by atoms with van der Waals surface area (Å²) in [5.74, 6) is 0.945. The summed E-state index contributed by atoms with van der Waals surface area (Å²) in [7, 11) is 0. The second-order valence-electron chi connectivity index (χ2n) is 7.03. The highest BCUT2D eigenvalue weighted by atomic mass is 32.2. The molecule has 0 radical (unpaired) electrons. The monoisotopic (exact) mass is 405 g/mol. The van der Waals surface area contributed by atoms with Gasteiger partial charge in [-0.1, -0.05) is 43.2 Å². The Hall–Kier alpha value is -2.53. The summed E-state index contributed by atoms with van der Waals surface area (Å²) >= 11 is 1.43. The SMILES string of the molecule is CC(=O)SCCCCCCCc1cc(-c2ccccn2)nc(-c2ccccn2)c1. The third-order valence-electron chi connectivity index (χ3n) is 4.65. The van der Waals surface area contributed by atoms with Crippen molar-refractivity contribution in [3.05, 3.63) is 66.5 Å². The maximum Gasteiger partial charge on any atom is 0.185 e. The van der Waals surface area contributed by atoms with Gasteiger partial charge in [-0.25, -0.2) is 4.98 Å². The fourth-order valence-corrected chi connectivity index (χ4v) is 3.84. The Kier molecular flexibility index (Phi) is 8.38. The maximum absolute atomic E-state index is 10.9. The summed E-state index contributed by atoms with van der Waals surface area (Å²) in [6.07, 6.45) is 10.5. The molecule has 150 valence electrons. The first-order valence-corrected chi connectivity index (χ1v) is 11.2. The number of rotatable bonds is 10. The van der Waals surface area contributed by atoms with Gasteiger partial charge in [-0.2, -0.15) is 0 Å². The van der Waals surface area contributed by atoms with E-state index in [9.17, 15) is 4.79 Å². The average Bonchev–Trinajstić information content (AvgIpc) is 2.76. The smallest absolute Gasteiger partial charge is 0.185 e. The molecular weight excluding hydrogens is 378 g/mol. The van der Waals surface area contributed by atoms with E-state index in [-0.39, 0.29) is 5.12 Å². The Labute approximate surface area is 177 Å². The lowest BCUT2D eigenvalue weighted by molar-refractivity contribution is -0.109. The highest BCUT2D eigenvalue weighted by molar-refractivity contribution is 8.13. The second-order valence-corrected chi connectivity index (χ2v) is 8.31. The molecule has 0 atom stereocenters. The van der Waals surface area contributed by atoms with Gasteiger partial charge in [0, 0.05) is 25.1 Å². The zero-order chi connectivity index (χ0) is 20.3. The first-order valence-electron chi connectivity index (χ1n) is 10.2. The van der Waals surface area contributed by atoms with Gasteiger partial charge in [0.2, 0.25) is 0 Å². The molecule has 0 aliphatic heterocycles. The van der Waals surface area contributed by atoms with Crippen LogP contribution in [0.3, 0.4) is 0 Å². The number of carbonyl (C=O) groups excluding carboxylic acids is 1. The Morgan fingerprint density at radius 1 is 0.793 bits per heavy atom. The van der Waals surface area contributed by atoms with Crippen LogP contribution in [0.4, 0.5) is 0 Å². The molecule has 5 heteroatoms. The molecule has 0 fully saturated rings. The molecular formula is C24H27N3OS. The number of aryl methyl sites for hydroxylation is 1. The van der Waals surface area contributed by atoms with Gasteiger partial charge < -0.3 is 0 Å². The topological polar surface area (TPSA) is 55.7 Å². The number of aromatic nitrogens is 3. The van der Waals surface area contributed by atoms with E-state index in [0.717, 1.165) is 47.8 Å². The summed E-state index contributed by atoms with van der Waals surface area (Å²) in [5.41, 5.74) is 4.83. The summed E-state index contributed by atoms with van der Waals surface area (Å²) in [4.78, 5) is 24.7. The van der Waals surface area contributed by atoms with Crippen molar-refractivity contribution in [3.8, 4) is 22.8 Å². The van der Waals surface area contributed by atoms with Crippen molar-refractivity contribution in [2.75, 3.05) is 5.75 Å². The lowest BCUT2D eigenvalue weighted by Crippen LogP contribution is -1.96. The van der Waals surface area contributed by atoms with Crippen LogP contribution in [-0.2, 0) is 11.2 Å². The van der Waals surface area contributed by atoms with Crippen molar-refractivity contribution >= 4 is 16.9 Å². The van der Waals surface area contributed by atoms with Gasteiger partial charge in [0.25, 0.3) is 0 Å². The molecule has 0 aliphatic rings.